The molecule has 12 heteroatoms. The van der Waals surface area contributed by atoms with Crippen LogP contribution in [0, 0.1) is 6.92 Å². The smallest absolute Gasteiger partial charge is 0.324 e. The van der Waals surface area contributed by atoms with Crippen LogP contribution >= 0.6 is 11.6 Å². The van der Waals surface area contributed by atoms with Crippen LogP contribution in [0.25, 0.3) is 0 Å². The molecule has 0 atom stereocenters. The number of nitrogens with one attached hydrogen (secondary N) is 2. The highest BCUT2D eigenvalue weighted by Crippen LogP contribution is 2.26. The van der Waals surface area contributed by atoms with Crippen molar-refractivity contribution in [3.63, 3.8) is 0 Å². The molecule has 3 rings (SSSR count). The van der Waals surface area contributed by atoms with Gasteiger partial charge in [-0.05, 0) is 61.0 Å². The minimum atomic E-state index is -4.85. The third-order valence-corrected chi connectivity index (χ3v) is 6.27. The van der Waals surface area contributed by atoms with Gasteiger partial charge in [0.15, 0.2) is 0 Å². The van der Waals surface area contributed by atoms with Gasteiger partial charge in [0.05, 0.1) is 4.90 Å². The number of aryl methyl sites for hydroxylation is 1. The topological polar surface area (TPSA) is 97.3 Å². The van der Waals surface area contributed by atoms with Crippen molar-refractivity contribution in [2.75, 3.05) is 10.0 Å². The third-order valence-electron chi connectivity index (χ3n) is 4.50. The molecule has 2 aromatic carbocycles. The fourth-order valence-corrected chi connectivity index (χ4v) is 4.38. The molecule has 0 saturated heterocycles. The lowest BCUT2D eigenvalue weighted by Crippen LogP contribution is -2.32. The molecule has 0 aliphatic carbocycles. The number of carbonyl (C=O) groups excluding carboxylic acids is 1. The van der Waals surface area contributed by atoms with Crippen molar-refractivity contribution in [3.8, 4) is 0 Å². The second kappa shape index (κ2) is 9.28. The second-order valence-corrected chi connectivity index (χ2v) is 9.08. The summed E-state index contributed by atoms with van der Waals surface area (Å²) >= 11 is 5.80. The zero-order chi connectivity index (χ0) is 24.4. The Hall–Kier alpha value is -3.31. The quantitative estimate of drug-likeness (QED) is 0.529. The largest absolute Gasteiger partial charge is 0.421 e. The van der Waals surface area contributed by atoms with Gasteiger partial charge in [0, 0.05) is 22.6 Å². The van der Waals surface area contributed by atoms with Crippen LogP contribution in [0.5, 0.6) is 0 Å². The molecule has 0 saturated carbocycles. The Bertz CT molecular complexity index is 1350. The van der Waals surface area contributed by atoms with E-state index in [4.69, 9.17) is 11.6 Å². The monoisotopic (exact) mass is 499 g/mol. The van der Waals surface area contributed by atoms with E-state index in [1.54, 1.807) is 6.92 Å². The van der Waals surface area contributed by atoms with E-state index < -0.39 is 39.8 Å². The summed E-state index contributed by atoms with van der Waals surface area (Å²) in [6, 6.07) is 11.7. The van der Waals surface area contributed by atoms with Gasteiger partial charge in [0.25, 0.3) is 15.6 Å². The third kappa shape index (κ3) is 5.93. The van der Waals surface area contributed by atoms with E-state index in [1.807, 2.05) is 0 Å². The maximum absolute atomic E-state index is 12.9. The normalized spacial score (nSPS) is 11.8. The summed E-state index contributed by atoms with van der Waals surface area (Å²) in [7, 11) is -4.03. The van der Waals surface area contributed by atoms with Crippen LogP contribution in [0.15, 0.2) is 70.5 Å². The van der Waals surface area contributed by atoms with Crippen LogP contribution in [-0.2, 0) is 27.5 Å². The van der Waals surface area contributed by atoms with Gasteiger partial charge in [-0.25, -0.2) is 8.42 Å². The molecule has 2 N–H and O–H groups in total. The number of hydrogen-bond donors (Lipinski definition) is 2. The highest BCUT2D eigenvalue weighted by atomic mass is 35.5. The molecule has 0 aliphatic rings. The Morgan fingerprint density at radius 1 is 1.06 bits per heavy atom. The number of nitrogens with zero attached hydrogens (tertiary/aromatic N) is 1. The lowest BCUT2D eigenvalue weighted by Gasteiger charge is -2.13. The molecule has 0 spiro atoms. The minimum absolute atomic E-state index is 0.0853. The van der Waals surface area contributed by atoms with Crippen molar-refractivity contribution >= 4 is 38.9 Å². The van der Waals surface area contributed by atoms with Gasteiger partial charge in [0.1, 0.15) is 12.1 Å². The highest BCUT2D eigenvalue weighted by Gasteiger charge is 2.34. The molecule has 1 heterocycles. The Morgan fingerprint density at radius 2 is 1.70 bits per heavy atom. The zero-order valence-electron chi connectivity index (χ0n) is 17.0. The standard InChI is InChI=1S/C21H17ClF3N3O4S/c1-13-4-7-16(11-18(13)33(31,32)27-15-8-5-14(22)6-9-15)26-19(29)12-28-10-2-3-17(20(28)30)21(23,24)25/h2-11,27H,12H2,1H3,(H,26,29). The first kappa shape index (κ1) is 24.3. The molecule has 0 fully saturated rings. The van der Waals surface area contributed by atoms with Crippen LogP contribution in [0.2, 0.25) is 5.02 Å². The second-order valence-electron chi connectivity index (χ2n) is 6.99. The number of alkyl halides is 3. The van der Waals surface area contributed by atoms with Crippen LogP contribution in [0.4, 0.5) is 24.5 Å². The molecular formula is C21H17ClF3N3O4S. The molecule has 0 radical (unpaired) electrons. The lowest BCUT2D eigenvalue weighted by atomic mass is 10.2. The Morgan fingerprint density at radius 3 is 2.33 bits per heavy atom. The van der Waals surface area contributed by atoms with E-state index in [0.29, 0.717) is 21.2 Å². The average molecular weight is 500 g/mol. The summed E-state index contributed by atoms with van der Waals surface area (Å²) in [5.74, 6) is -0.811. The average Bonchev–Trinajstić information content (AvgIpc) is 2.71. The Balaban J connectivity index is 1.80. The molecule has 0 aliphatic heterocycles. The highest BCUT2D eigenvalue weighted by molar-refractivity contribution is 7.92. The summed E-state index contributed by atoms with van der Waals surface area (Å²) in [4.78, 5) is 24.2. The lowest BCUT2D eigenvalue weighted by molar-refractivity contribution is -0.139. The molecule has 0 unspecified atom stereocenters. The summed E-state index contributed by atoms with van der Waals surface area (Å²) in [5, 5.41) is 2.83. The Labute approximate surface area is 191 Å². The number of anilines is 2. The molecule has 0 bridgehead atoms. The summed E-state index contributed by atoms with van der Waals surface area (Å²) in [6.45, 7) is 0.867. The first-order chi connectivity index (χ1) is 15.4. The summed E-state index contributed by atoms with van der Waals surface area (Å²) in [5.41, 5.74) is -2.00. The number of halogens is 4. The van der Waals surface area contributed by atoms with Crippen molar-refractivity contribution in [1.82, 2.24) is 4.57 Å². The summed E-state index contributed by atoms with van der Waals surface area (Å²) < 4.78 is 67.3. The van der Waals surface area contributed by atoms with Gasteiger partial charge in [-0.3, -0.25) is 14.3 Å². The van der Waals surface area contributed by atoms with Crippen molar-refractivity contribution in [2.45, 2.75) is 24.5 Å². The van der Waals surface area contributed by atoms with Gasteiger partial charge in [-0.15, -0.1) is 0 Å². The molecule has 1 aromatic heterocycles. The molecular weight excluding hydrogens is 483 g/mol. The predicted octanol–water partition coefficient (Wildman–Crippen LogP) is 4.27. The number of carbonyl (C=O) groups is 1. The van der Waals surface area contributed by atoms with E-state index >= 15 is 0 Å². The van der Waals surface area contributed by atoms with Gasteiger partial charge in [-0.1, -0.05) is 17.7 Å². The fraction of sp³-hybridized carbons (Fsp3) is 0.143. The predicted molar refractivity (Wildman–Crippen MR) is 118 cm³/mol. The van der Waals surface area contributed by atoms with Crippen molar-refractivity contribution in [1.29, 1.82) is 0 Å². The van der Waals surface area contributed by atoms with Crippen molar-refractivity contribution in [3.05, 3.63) is 87.3 Å². The zero-order valence-corrected chi connectivity index (χ0v) is 18.6. The first-order valence-corrected chi connectivity index (χ1v) is 11.2. The van der Waals surface area contributed by atoms with Crippen LogP contribution in [-0.4, -0.2) is 18.9 Å². The fourth-order valence-electron chi connectivity index (χ4n) is 2.93. The number of sulfonamides is 1. The van der Waals surface area contributed by atoms with Crippen molar-refractivity contribution < 1.29 is 26.4 Å². The number of aromatic nitrogens is 1. The summed E-state index contributed by atoms with van der Waals surface area (Å²) in [6.07, 6.45) is -3.80. The SMILES string of the molecule is Cc1ccc(NC(=O)Cn2cccc(C(F)(F)F)c2=O)cc1S(=O)(=O)Nc1ccc(Cl)cc1. The number of amides is 1. The molecule has 33 heavy (non-hydrogen) atoms. The molecule has 174 valence electrons. The molecule has 1 amide bonds. The van der Waals surface area contributed by atoms with E-state index in [-0.39, 0.29) is 16.3 Å². The van der Waals surface area contributed by atoms with Crippen LogP contribution in [0.3, 0.4) is 0 Å². The maximum Gasteiger partial charge on any atom is 0.421 e. The maximum atomic E-state index is 12.9. The molecule has 3 aromatic rings. The number of benzene rings is 2. The Kier molecular flexibility index (Phi) is 6.84. The van der Waals surface area contributed by atoms with Gasteiger partial charge < -0.3 is 9.88 Å². The van der Waals surface area contributed by atoms with E-state index in [2.05, 4.69) is 10.0 Å². The van der Waals surface area contributed by atoms with Crippen LogP contribution < -0.4 is 15.6 Å². The van der Waals surface area contributed by atoms with Crippen molar-refractivity contribution in [2.24, 2.45) is 0 Å². The van der Waals surface area contributed by atoms with Gasteiger partial charge in [0.2, 0.25) is 5.91 Å². The number of pyridine rings is 1. The van der Waals surface area contributed by atoms with Gasteiger partial charge >= 0.3 is 6.18 Å². The van der Waals surface area contributed by atoms with Gasteiger partial charge in [-0.2, -0.15) is 13.2 Å². The first-order valence-electron chi connectivity index (χ1n) is 9.32. The molecule has 7 nitrogen and oxygen atoms in total. The number of hydrogen-bond acceptors (Lipinski definition) is 4. The number of rotatable bonds is 6. The van der Waals surface area contributed by atoms with Crippen LogP contribution in [0.1, 0.15) is 11.1 Å². The van der Waals surface area contributed by atoms with E-state index in [0.717, 1.165) is 12.3 Å². The van der Waals surface area contributed by atoms with E-state index in [1.165, 1.54) is 42.5 Å². The van der Waals surface area contributed by atoms with E-state index in [9.17, 15) is 31.2 Å². The minimum Gasteiger partial charge on any atom is -0.324 e.